The Morgan fingerprint density at radius 2 is 2.05 bits per heavy atom. The highest BCUT2D eigenvalue weighted by atomic mass is 16.7. The molecule has 0 radical (unpaired) electrons. The third-order valence-electron chi connectivity index (χ3n) is 3.89. The lowest BCUT2D eigenvalue weighted by molar-refractivity contribution is -0.161. The lowest BCUT2D eigenvalue weighted by Crippen LogP contribution is -2.37. The number of hydrogen-bond acceptors (Lipinski definition) is 4. The molecule has 1 fully saturated rings. The molecule has 1 aromatic carbocycles. The molecule has 4 heteroatoms. The van der Waals surface area contributed by atoms with Crippen LogP contribution < -0.4 is 4.74 Å². The molecule has 1 aromatic rings. The van der Waals surface area contributed by atoms with Gasteiger partial charge in [-0.3, -0.25) is 0 Å². The van der Waals surface area contributed by atoms with Gasteiger partial charge in [0.25, 0.3) is 0 Å². The van der Waals surface area contributed by atoms with E-state index in [2.05, 4.69) is 13.5 Å². The first kappa shape index (κ1) is 17.0. The van der Waals surface area contributed by atoms with Gasteiger partial charge >= 0.3 is 0 Å². The Bertz CT molecular complexity index is 480. The van der Waals surface area contributed by atoms with Gasteiger partial charge in [-0.05, 0) is 31.5 Å². The van der Waals surface area contributed by atoms with Gasteiger partial charge in [0.05, 0.1) is 26.4 Å². The van der Waals surface area contributed by atoms with Gasteiger partial charge in [0.15, 0.2) is 5.79 Å². The molecule has 3 atom stereocenters. The summed E-state index contributed by atoms with van der Waals surface area (Å²) < 4.78 is 22.9. The lowest BCUT2D eigenvalue weighted by Gasteiger charge is -2.28. The summed E-state index contributed by atoms with van der Waals surface area (Å²) in [5.74, 6) is 0.475. The van der Waals surface area contributed by atoms with E-state index in [4.69, 9.17) is 18.9 Å². The summed E-state index contributed by atoms with van der Waals surface area (Å²) in [7, 11) is 1.66. The Kier molecular flexibility index (Phi) is 5.62. The van der Waals surface area contributed by atoms with Crippen molar-refractivity contribution in [1.29, 1.82) is 0 Å². The number of hydrogen-bond donors (Lipinski definition) is 0. The van der Waals surface area contributed by atoms with Crippen molar-refractivity contribution in [2.75, 3.05) is 13.7 Å². The normalized spacial score (nSPS) is 23.0. The van der Waals surface area contributed by atoms with E-state index in [0.717, 1.165) is 11.3 Å². The molecule has 22 heavy (non-hydrogen) atoms. The van der Waals surface area contributed by atoms with E-state index in [9.17, 15) is 0 Å². The van der Waals surface area contributed by atoms with Crippen LogP contribution in [0.2, 0.25) is 0 Å². The Balaban J connectivity index is 1.99. The molecule has 0 N–H and O–H groups in total. The van der Waals surface area contributed by atoms with Crippen molar-refractivity contribution in [3.63, 3.8) is 0 Å². The zero-order valence-electron chi connectivity index (χ0n) is 13.9. The molecule has 2 rings (SSSR count). The predicted octanol–water partition coefficient (Wildman–Crippen LogP) is 3.55. The first-order valence-corrected chi connectivity index (χ1v) is 7.64. The van der Waals surface area contributed by atoms with Crippen molar-refractivity contribution in [2.24, 2.45) is 5.92 Å². The van der Waals surface area contributed by atoms with E-state index >= 15 is 0 Å². The maximum absolute atomic E-state index is 6.11. The molecule has 4 nitrogen and oxygen atoms in total. The fraction of sp³-hybridized carbons (Fsp3) is 0.556. The fourth-order valence-electron chi connectivity index (χ4n) is 2.52. The first-order chi connectivity index (χ1) is 10.4. The molecule has 122 valence electrons. The quantitative estimate of drug-likeness (QED) is 0.722. The summed E-state index contributed by atoms with van der Waals surface area (Å²) >= 11 is 0. The van der Waals surface area contributed by atoms with Gasteiger partial charge in [0.2, 0.25) is 0 Å². The van der Waals surface area contributed by atoms with Crippen molar-refractivity contribution in [3.05, 3.63) is 42.5 Å². The minimum Gasteiger partial charge on any atom is -0.497 e. The minimum absolute atomic E-state index is 0.0821. The average Bonchev–Trinajstić information content (AvgIpc) is 2.87. The molecule has 0 unspecified atom stereocenters. The number of rotatable bonds is 7. The highest BCUT2D eigenvalue weighted by molar-refractivity contribution is 5.26. The van der Waals surface area contributed by atoms with E-state index in [0.29, 0.717) is 13.2 Å². The summed E-state index contributed by atoms with van der Waals surface area (Å²) in [5.41, 5.74) is 1.10. The minimum atomic E-state index is -0.548. The fourth-order valence-corrected chi connectivity index (χ4v) is 2.52. The zero-order chi connectivity index (χ0) is 16.2. The standard InChI is InChI=1S/C18H26O4/c1-6-13(2)17(16-12-21-18(3,4)22-16)20-11-14-7-9-15(19-5)10-8-14/h6-10,13,16-17H,1,11-12H2,2-5H3/t13-,16+,17+/m1/s1. The van der Waals surface area contributed by atoms with Gasteiger partial charge in [-0.2, -0.15) is 0 Å². The van der Waals surface area contributed by atoms with Crippen LogP contribution in [0.1, 0.15) is 26.3 Å². The Morgan fingerprint density at radius 3 is 2.55 bits per heavy atom. The Labute approximate surface area is 133 Å². The molecule has 1 saturated heterocycles. The van der Waals surface area contributed by atoms with Gasteiger partial charge in [0, 0.05) is 5.92 Å². The molecule has 0 aromatic heterocycles. The van der Waals surface area contributed by atoms with E-state index in [1.54, 1.807) is 7.11 Å². The van der Waals surface area contributed by atoms with Crippen LogP contribution in [0.25, 0.3) is 0 Å². The van der Waals surface area contributed by atoms with Crippen LogP contribution in [-0.4, -0.2) is 31.7 Å². The van der Waals surface area contributed by atoms with Gasteiger partial charge in [-0.1, -0.05) is 25.1 Å². The summed E-state index contributed by atoms with van der Waals surface area (Å²) in [5, 5.41) is 0. The Morgan fingerprint density at radius 1 is 1.36 bits per heavy atom. The van der Waals surface area contributed by atoms with Crippen molar-refractivity contribution in [2.45, 2.75) is 45.4 Å². The molecule has 0 bridgehead atoms. The smallest absolute Gasteiger partial charge is 0.163 e. The van der Waals surface area contributed by atoms with Crippen LogP contribution in [0.5, 0.6) is 5.75 Å². The second kappa shape index (κ2) is 7.27. The van der Waals surface area contributed by atoms with Gasteiger partial charge in [-0.25, -0.2) is 0 Å². The third-order valence-corrected chi connectivity index (χ3v) is 3.89. The maximum atomic E-state index is 6.11. The SMILES string of the molecule is C=C[C@@H](C)[C@H](OCc1ccc(OC)cc1)[C@@H]1COC(C)(C)O1. The monoisotopic (exact) mass is 306 g/mol. The van der Waals surface area contributed by atoms with Gasteiger partial charge in [0.1, 0.15) is 11.9 Å². The van der Waals surface area contributed by atoms with Crippen LogP contribution in [0, 0.1) is 5.92 Å². The summed E-state index contributed by atoms with van der Waals surface area (Å²) in [6.07, 6.45) is 1.73. The summed E-state index contributed by atoms with van der Waals surface area (Å²) in [6.45, 7) is 10.9. The van der Waals surface area contributed by atoms with E-state index in [1.807, 2.05) is 44.2 Å². The molecule has 1 heterocycles. The average molecular weight is 306 g/mol. The van der Waals surface area contributed by atoms with Crippen molar-refractivity contribution >= 4 is 0 Å². The molecule has 0 amide bonds. The third kappa shape index (κ3) is 4.32. The van der Waals surface area contributed by atoms with Gasteiger partial charge in [-0.15, -0.1) is 6.58 Å². The molecule has 0 aliphatic carbocycles. The molecular formula is C18H26O4. The highest BCUT2D eigenvalue weighted by Gasteiger charge is 2.39. The van der Waals surface area contributed by atoms with Gasteiger partial charge < -0.3 is 18.9 Å². The summed E-state index contributed by atoms with van der Waals surface area (Å²) in [4.78, 5) is 0. The van der Waals surface area contributed by atoms with Crippen LogP contribution in [0.15, 0.2) is 36.9 Å². The van der Waals surface area contributed by atoms with E-state index < -0.39 is 5.79 Å². The molecule has 1 aliphatic rings. The van der Waals surface area contributed by atoms with Crippen LogP contribution in [0.4, 0.5) is 0 Å². The zero-order valence-corrected chi connectivity index (χ0v) is 13.9. The molecule has 1 aliphatic heterocycles. The second-order valence-corrected chi connectivity index (χ2v) is 6.09. The van der Waals surface area contributed by atoms with Crippen LogP contribution in [0.3, 0.4) is 0 Å². The largest absolute Gasteiger partial charge is 0.497 e. The molecule has 0 spiro atoms. The molecular weight excluding hydrogens is 280 g/mol. The van der Waals surface area contributed by atoms with Crippen molar-refractivity contribution in [1.82, 2.24) is 0 Å². The van der Waals surface area contributed by atoms with E-state index in [-0.39, 0.29) is 18.1 Å². The number of benzene rings is 1. The highest BCUT2D eigenvalue weighted by Crippen LogP contribution is 2.29. The van der Waals surface area contributed by atoms with Crippen molar-refractivity contribution < 1.29 is 18.9 Å². The molecule has 0 saturated carbocycles. The number of ether oxygens (including phenoxy) is 4. The second-order valence-electron chi connectivity index (χ2n) is 6.09. The summed E-state index contributed by atoms with van der Waals surface area (Å²) in [6, 6.07) is 7.88. The van der Waals surface area contributed by atoms with Crippen LogP contribution in [-0.2, 0) is 20.8 Å². The maximum Gasteiger partial charge on any atom is 0.163 e. The topological polar surface area (TPSA) is 36.9 Å². The lowest BCUT2D eigenvalue weighted by atomic mass is 10.00. The van der Waals surface area contributed by atoms with Crippen LogP contribution >= 0.6 is 0 Å². The first-order valence-electron chi connectivity index (χ1n) is 7.64. The number of methoxy groups -OCH3 is 1. The van der Waals surface area contributed by atoms with E-state index in [1.165, 1.54) is 0 Å². The Hall–Kier alpha value is -1.36. The van der Waals surface area contributed by atoms with Crippen molar-refractivity contribution in [3.8, 4) is 5.75 Å². The predicted molar refractivity (Wildman–Crippen MR) is 85.8 cm³/mol.